The Hall–Kier alpha value is -2.31. The van der Waals surface area contributed by atoms with E-state index >= 15 is 0 Å². The van der Waals surface area contributed by atoms with Crippen molar-refractivity contribution < 1.29 is 23.5 Å². The minimum Gasteiger partial charge on any atom is -0.453 e. The number of primary amides is 1. The van der Waals surface area contributed by atoms with Crippen LogP contribution < -0.4 is 11.1 Å². The summed E-state index contributed by atoms with van der Waals surface area (Å²) in [5.41, 5.74) is 5.05. The van der Waals surface area contributed by atoms with Crippen molar-refractivity contribution in [2.24, 2.45) is 5.73 Å². The number of ether oxygens (including phenoxy) is 1. The second kappa shape index (κ2) is 4.69. The average molecular weight is 240 g/mol. The third kappa shape index (κ3) is 2.44. The number of carbonyl (C=O) groups is 3. The molecule has 7 nitrogen and oxygen atoms in total. The van der Waals surface area contributed by atoms with Crippen LogP contribution >= 0.6 is 0 Å². The third-order valence-corrected chi connectivity index (χ3v) is 2.08. The largest absolute Gasteiger partial charge is 0.453 e. The van der Waals surface area contributed by atoms with Gasteiger partial charge >= 0.3 is 6.09 Å². The van der Waals surface area contributed by atoms with Gasteiger partial charge in [-0.2, -0.15) is 0 Å². The van der Waals surface area contributed by atoms with E-state index < -0.39 is 12.0 Å². The smallest absolute Gasteiger partial charge is 0.413 e. The second-order valence-electron chi connectivity index (χ2n) is 3.27. The molecule has 0 unspecified atom stereocenters. The van der Waals surface area contributed by atoms with E-state index in [9.17, 15) is 14.4 Å². The SMILES string of the molecule is COC(=O)Nc1oc(C)c(C(C)=O)c1C(N)=O. The summed E-state index contributed by atoms with van der Waals surface area (Å²) in [6.45, 7) is 2.76. The average Bonchev–Trinajstić information content (AvgIpc) is 2.54. The number of carbonyl (C=O) groups excluding carboxylic acids is 3. The number of furan rings is 1. The summed E-state index contributed by atoms with van der Waals surface area (Å²) in [5, 5.41) is 2.18. The molecule has 17 heavy (non-hydrogen) atoms. The van der Waals surface area contributed by atoms with Crippen molar-refractivity contribution in [1.82, 2.24) is 0 Å². The van der Waals surface area contributed by atoms with Crippen LogP contribution in [0.15, 0.2) is 4.42 Å². The summed E-state index contributed by atoms with van der Waals surface area (Å²) in [7, 11) is 1.15. The van der Waals surface area contributed by atoms with Crippen LogP contribution in [0.25, 0.3) is 0 Å². The van der Waals surface area contributed by atoms with E-state index in [1.165, 1.54) is 13.8 Å². The number of aryl methyl sites for hydroxylation is 1. The Bertz CT molecular complexity index is 489. The van der Waals surface area contributed by atoms with Crippen LogP contribution in [0.5, 0.6) is 0 Å². The van der Waals surface area contributed by atoms with Gasteiger partial charge in [0.25, 0.3) is 5.91 Å². The van der Waals surface area contributed by atoms with Gasteiger partial charge in [-0.05, 0) is 13.8 Å². The Kier molecular flexibility index (Phi) is 3.52. The molecule has 3 N–H and O–H groups in total. The molecule has 0 aliphatic rings. The summed E-state index contributed by atoms with van der Waals surface area (Å²) in [6.07, 6.45) is -0.823. The van der Waals surface area contributed by atoms with Gasteiger partial charge in [0.05, 0.1) is 12.7 Å². The van der Waals surface area contributed by atoms with E-state index in [2.05, 4.69) is 10.1 Å². The van der Waals surface area contributed by atoms with E-state index in [-0.39, 0.29) is 28.6 Å². The molecule has 1 aromatic rings. The zero-order chi connectivity index (χ0) is 13.2. The molecule has 0 aromatic carbocycles. The third-order valence-electron chi connectivity index (χ3n) is 2.08. The highest BCUT2D eigenvalue weighted by Crippen LogP contribution is 2.27. The zero-order valence-corrected chi connectivity index (χ0v) is 9.62. The van der Waals surface area contributed by atoms with Crippen LogP contribution in [0.3, 0.4) is 0 Å². The van der Waals surface area contributed by atoms with Crippen molar-refractivity contribution in [3.8, 4) is 0 Å². The fourth-order valence-corrected chi connectivity index (χ4v) is 1.44. The summed E-state index contributed by atoms with van der Waals surface area (Å²) < 4.78 is 9.46. The molecule has 0 aliphatic heterocycles. The summed E-state index contributed by atoms with van der Waals surface area (Å²) >= 11 is 0. The maximum absolute atomic E-state index is 11.3. The van der Waals surface area contributed by atoms with Crippen molar-refractivity contribution in [2.45, 2.75) is 13.8 Å². The molecule has 1 aromatic heterocycles. The van der Waals surface area contributed by atoms with Crippen LogP contribution in [-0.2, 0) is 4.74 Å². The monoisotopic (exact) mass is 240 g/mol. The Balaban J connectivity index is 3.32. The number of anilines is 1. The van der Waals surface area contributed by atoms with Crippen molar-refractivity contribution in [1.29, 1.82) is 0 Å². The lowest BCUT2D eigenvalue weighted by atomic mass is 10.1. The molecule has 0 spiro atoms. The molecule has 0 fully saturated rings. The highest BCUT2D eigenvalue weighted by molar-refractivity contribution is 6.11. The van der Waals surface area contributed by atoms with E-state index in [4.69, 9.17) is 10.2 Å². The summed E-state index contributed by atoms with van der Waals surface area (Å²) in [4.78, 5) is 33.6. The van der Waals surface area contributed by atoms with E-state index in [0.717, 1.165) is 7.11 Å². The van der Waals surface area contributed by atoms with Crippen molar-refractivity contribution >= 4 is 23.7 Å². The lowest BCUT2D eigenvalue weighted by Crippen LogP contribution is -2.18. The van der Waals surface area contributed by atoms with Gasteiger partial charge in [0.2, 0.25) is 5.88 Å². The number of rotatable bonds is 3. The Labute approximate surface area is 96.9 Å². The van der Waals surface area contributed by atoms with Crippen LogP contribution in [0.2, 0.25) is 0 Å². The number of nitrogens with one attached hydrogen (secondary N) is 1. The molecular weight excluding hydrogens is 228 g/mol. The molecule has 92 valence electrons. The van der Waals surface area contributed by atoms with Gasteiger partial charge < -0.3 is 14.9 Å². The van der Waals surface area contributed by atoms with Crippen LogP contribution in [0.1, 0.15) is 33.4 Å². The van der Waals surface area contributed by atoms with Gasteiger partial charge in [0.1, 0.15) is 11.3 Å². The van der Waals surface area contributed by atoms with Crippen molar-refractivity contribution in [3.05, 3.63) is 16.9 Å². The standard InChI is InChI=1S/C10H12N2O5/c1-4(13)6-5(2)17-9(7(6)8(11)14)12-10(15)16-3/h1-3H3,(H2,11,14)(H,12,15). The number of hydrogen-bond acceptors (Lipinski definition) is 5. The number of nitrogens with two attached hydrogens (primary N) is 1. The van der Waals surface area contributed by atoms with Crippen LogP contribution in [0, 0.1) is 6.92 Å². The fraction of sp³-hybridized carbons (Fsp3) is 0.300. The first-order valence-corrected chi connectivity index (χ1v) is 4.67. The lowest BCUT2D eigenvalue weighted by Gasteiger charge is -2.01. The maximum atomic E-state index is 11.3. The molecule has 0 radical (unpaired) electrons. The quantitative estimate of drug-likeness (QED) is 0.767. The number of hydrogen-bond donors (Lipinski definition) is 2. The van der Waals surface area contributed by atoms with Crippen LogP contribution in [0.4, 0.5) is 10.7 Å². The molecule has 1 heterocycles. The number of Topliss-reactive ketones (excluding diaryl/α,β-unsaturated/α-hetero) is 1. The normalized spacial score (nSPS) is 9.82. The van der Waals surface area contributed by atoms with E-state index in [0.29, 0.717) is 0 Å². The second-order valence-corrected chi connectivity index (χ2v) is 3.27. The predicted molar refractivity (Wildman–Crippen MR) is 58.0 cm³/mol. The van der Waals surface area contributed by atoms with Gasteiger partial charge in [-0.3, -0.25) is 14.9 Å². The van der Waals surface area contributed by atoms with Gasteiger partial charge in [-0.25, -0.2) is 4.79 Å². The minimum absolute atomic E-state index is 0.0592. The van der Waals surface area contributed by atoms with Crippen molar-refractivity contribution in [2.75, 3.05) is 12.4 Å². The fourth-order valence-electron chi connectivity index (χ4n) is 1.44. The van der Waals surface area contributed by atoms with Gasteiger partial charge in [-0.1, -0.05) is 0 Å². The molecule has 7 heteroatoms. The molecule has 1 rings (SSSR count). The first-order chi connectivity index (χ1) is 7.88. The molecule has 0 saturated carbocycles. The van der Waals surface area contributed by atoms with Crippen LogP contribution in [-0.4, -0.2) is 24.9 Å². The van der Waals surface area contributed by atoms with Gasteiger partial charge in [0.15, 0.2) is 5.78 Å². The molecule has 2 amide bonds. The number of amides is 2. The van der Waals surface area contributed by atoms with E-state index in [1.54, 1.807) is 0 Å². The lowest BCUT2D eigenvalue weighted by molar-refractivity contribution is 0.0974. The van der Waals surface area contributed by atoms with E-state index in [1.807, 2.05) is 0 Å². The first-order valence-electron chi connectivity index (χ1n) is 4.67. The summed E-state index contributed by atoms with van der Waals surface area (Å²) in [6, 6.07) is 0. The number of methoxy groups -OCH3 is 1. The molecular formula is C10H12N2O5. The van der Waals surface area contributed by atoms with Crippen molar-refractivity contribution in [3.63, 3.8) is 0 Å². The molecule has 0 aliphatic carbocycles. The highest BCUT2D eigenvalue weighted by Gasteiger charge is 2.26. The Morgan fingerprint density at radius 3 is 2.29 bits per heavy atom. The zero-order valence-electron chi connectivity index (χ0n) is 9.62. The number of ketones is 1. The topological polar surface area (TPSA) is 112 Å². The predicted octanol–water partition coefficient (Wildman–Crippen LogP) is 1.07. The molecule has 0 bridgehead atoms. The Morgan fingerprint density at radius 2 is 1.88 bits per heavy atom. The minimum atomic E-state index is -0.863. The first kappa shape index (κ1) is 12.8. The van der Waals surface area contributed by atoms with Gasteiger partial charge in [-0.15, -0.1) is 0 Å². The highest BCUT2D eigenvalue weighted by atomic mass is 16.5. The Morgan fingerprint density at radius 1 is 1.29 bits per heavy atom. The summed E-state index contributed by atoms with van der Waals surface area (Å²) in [5.74, 6) is -1.22. The molecule has 0 saturated heterocycles. The van der Waals surface area contributed by atoms with Gasteiger partial charge in [0, 0.05) is 0 Å². The molecule has 0 atom stereocenters. The maximum Gasteiger partial charge on any atom is 0.413 e.